The van der Waals surface area contributed by atoms with Gasteiger partial charge in [0, 0.05) is 19.6 Å². The summed E-state index contributed by atoms with van der Waals surface area (Å²) in [4.78, 5) is 2.31. The number of likely N-dealkylation sites (tertiary alicyclic amines) is 1. The standard InChI is InChI=1S/C10H21N3O2S/c14-16(15,10-3-4-11-9-10)12-5-8-13-6-1-2-7-13/h10-12H,1-9H2. The van der Waals surface area contributed by atoms with Gasteiger partial charge in [0.15, 0.2) is 0 Å². The average molecular weight is 247 g/mol. The number of sulfonamides is 1. The molecule has 0 radical (unpaired) electrons. The molecule has 2 saturated heterocycles. The van der Waals surface area contributed by atoms with Crippen molar-refractivity contribution < 1.29 is 8.42 Å². The molecular formula is C10H21N3O2S. The molecule has 0 bridgehead atoms. The molecule has 2 rings (SSSR count). The second-order valence-electron chi connectivity index (χ2n) is 4.60. The van der Waals surface area contributed by atoms with Gasteiger partial charge in [-0.15, -0.1) is 0 Å². The Labute approximate surface area is 97.6 Å². The van der Waals surface area contributed by atoms with E-state index in [2.05, 4.69) is 14.9 Å². The van der Waals surface area contributed by atoms with Crippen LogP contribution in [-0.2, 0) is 10.0 Å². The number of hydrogen-bond acceptors (Lipinski definition) is 4. The Kier molecular flexibility index (Phi) is 4.18. The molecular weight excluding hydrogens is 226 g/mol. The van der Waals surface area contributed by atoms with Crippen molar-refractivity contribution in [2.75, 3.05) is 39.3 Å². The first-order valence-corrected chi connectivity index (χ1v) is 7.65. The minimum absolute atomic E-state index is 0.230. The van der Waals surface area contributed by atoms with Gasteiger partial charge < -0.3 is 10.2 Å². The fourth-order valence-corrected chi connectivity index (χ4v) is 3.74. The van der Waals surface area contributed by atoms with E-state index < -0.39 is 10.0 Å². The summed E-state index contributed by atoms with van der Waals surface area (Å²) in [7, 11) is -3.09. The number of hydrogen-bond donors (Lipinski definition) is 2. The molecule has 5 nitrogen and oxygen atoms in total. The van der Waals surface area contributed by atoms with Crippen LogP contribution in [0.1, 0.15) is 19.3 Å². The van der Waals surface area contributed by atoms with Gasteiger partial charge >= 0.3 is 0 Å². The van der Waals surface area contributed by atoms with Gasteiger partial charge in [0.1, 0.15) is 0 Å². The molecule has 1 atom stereocenters. The van der Waals surface area contributed by atoms with Gasteiger partial charge in [-0.05, 0) is 38.9 Å². The zero-order chi connectivity index (χ0) is 11.4. The Balaban J connectivity index is 1.71. The lowest BCUT2D eigenvalue weighted by atomic mass is 10.4. The molecule has 0 aliphatic carbocycles. The van der Waals surface area contributed by atoms with E-state index in [9.17, 15) is 8.42 Å². The van der Waals surface area contributed by atoms with Crippen LogP contribution in [-0.4, -0.2) is 57.8 Å². The first kappa shape index (κ1) is 12.3. The van der Waals surface area contributed by atoms with E-state index in [-0.39, 0.29) is 5.25 Å². The molecule has 2 fully saturated rings. The summed E-state index contributed by atoms with van der Waals surface area (Å²) in [6, 6.07) is 0. The van der Waals surface area contributed by atoms with Gasteiger partial charge in [-0.1, -0.05) is 0 Å². The predicted molar refractivity (Wildman–Crippen MR) is 63.9 cm³/mol. The monoisotopic (exact) mass is 247 g/mol. The van der Waals surface area contributed by atoms with E-state index in [0.29, 0.717) is 13.1 Å². The molecule has 16 heavy (non-hydrogen) atoms. The molecule has 2 aliphatic rings. The van der Waals surface area contributed by atoms with Crippen molar-refractivity contribution in [2.24, 2.45) is 0 Å². The van der Waals surface area contributed by atoms with Gasteiger partial charge in [0.25, 0.3) is 0 Å². The van der Waals surface area contributed by atoms with Crippen molar-refractivity contribution in [2.45, 2.75) is 24.5 Å². The minimum Gasteiger partial charge on any atom is -0.315 e. The molecule has 94 valence electrons. The van der Waals surface area contributed by atoms with E-state index in [1.807, 2.05) is 0 Å². The van der Waals surface area contributed by atoms with Crippen LogP contribution in [0.3, 0.4) is 0 Å². The second-order valence-corrected chi connectivity index (χ2v) is 6.65. The summed E-state index contributed by atoms with van der Waals surface area (Å²) >= 11 is 0. The normalized spacial score (nSPS) is 27.6. The van der Waals surface area contributed by atoms with E-state index in [0.717, 1.165) is 32.6 Å². The van der Waals surface area contributed by atoms with Gasteiger partial charge in [-0.2, -0.15) is 0 Å². The Morgan fingerprint density at radius 3 is 2.69 bits per heavy atom. The largest absolute Gasteiger partial charge is 0.315 e. The van der Waals surface area contributed by atoms with E-state index >= 15 is 0 Å². The third-order valence-corrected chi connectivity index (χ3v) is 5.27. The first-order valence-electron chi connectivity index (χ1n) is 6.10. The lowest BCUT2D eigenvalue weighted by Gasteiger charge is -2.16. The second kappa shape index (κ2) is 5.44. The molecule has 0 spiro atoms. The maximum Gasteiger partial charge on any atom is 0.215 e. The highest BCUT2D eigenvalue weighted by atomic mass is 32.2. The zero-order valence-electron chi connectivity index (χ0n) is 9.61. The number of rotatable bonds is 5. The Morgan fingerprint density at radius 2 is 2.06 bits per heavy atom. The molecule has 0 aromatic rings. The molecule has 0 saturated carbocycles. The smallest absolute Gasteiger partial charge is 0.215 e. The summed E-state index contributed by atoms with van der Waals surface area (Å²) in [6.45, 7) is 5.05. The molecule has 0 aromatic carbocycles. The number of nitrogens with one attached hydrogen (secondary N) is 2. The van der Waals surface area contributed by atoms with E-state index in [4.69, 9.17) is 0 Å². The summed E-state index contributed by atoms with van der Waals surface area (Å²) in [6.07, 6.45) is 3.23. The maximum absolute atomic E-state index is 11.8. The molecule has 0 amide bonds. The van der Waals surface area contributed by atoms with Crippen molar-refractivity contribution >= 4 is 10.0 Å². The third kappa shape index (κ3) is 3.16. The quantitative estimate of drug-likeness (QED) is 0.679. The van der Waals surface area contributed by atoms with Gasteiger partial charge in [0.05, 0.1) is 5.25 Å². The average Bonchev–Trinajstić information content (AvgIpc) is 2.90. The molecule has 6 heteroatoms. The van der Waals surface area contributed by atoms with Crippen LogP contribution in [0.5, 0.6) is 0 Å². The van der Waals surface area contributed by atoms with Crippen LogP contribution in [0.4, 0.5) is 0 Å². The predicted octanol–water partition coefficient (Wildman–Crippen LogP) is -0.636. The molecule has 2 N–H and O–H groups in total. The van der Waals surface area contributed by atoms with Crippen molar-refractivity contribution in [3.05, 3.63) is 0 Å². The molecule has 1 unspecified atom stereocenters. The lowest BCUT2D eigenvalue weighted by molar-refractivity contribution is 0.344. The highest BCUT2D eigenvalue weighted by Crippen LogP contribution is 2.09. The molecule has 2 aliphatic heterocycles. The van der Waals surface area contributed by atoms with Crippen molar-refractivity contribution in [1.82, 2.24) is 14.9 Å². The van der Waals surface area contributed by atoms with Crippen LogP contribution < -0.4 is 10.0 Å². The topological polar surface area (TPSA) is 61.4 Å². The summed E-state index contributed by atoms with van der Waals surface area (Å²) < 4.78 is 26.4. The third-order valence-electron chi connectivity index (χ3n) is 3.38. The van der Waals surface area contributed by atoms with Crippen molar-refractivity contribution in [3.8, 4) is 0 Å². The summed E-state index contributed by atoms with van der Waals surface area (Å²) in [5.74, 6) is 0. The van der Waals surface area contributed by atoms with Crippen molar-refractivity contribution in [1.29, 1.82) is 0 Å². The van der Waals surface area contributed by atoms with Crippen LogP contribution in [0.25, 0.3) is 0 Å². The fraction of sp³-hybridized carbons (Fsp3) is 1.00. The first-order chi connectivity index (χ1) is 7.68. The summed E-state index contributed by atoms with van der Waals surface area (Å²) in [5, 5.41) is 2.85. The summed E-state index contributed by atoms with van der Waals surface area (Å²) in [5.41, 5.74) is 0. The van der Waals surface area contributed by atoms with Crippen LogP contribution >= 0.6 is 0 Å². The van der Waals surface area contributed by atoms with Crippen LogP contribution in [0.15, 0.2) is 0 Å². The Bertz CT molecular complexity index is 306. The lowest BCUT2D eigenvalue weighted by Crippen LogP contribution is -2.39. The fourth-order valence-electron chi connectivity index (χ4n) is 2.36. The van der Waals surface area contributed by atoms with Crippen molar-refractivity contribution in [3.63, 3.8) is 0 Å². The van der Waals surface area contributed by atoms with Gasteiger partial charge in [-0.3, -0.25) is 0 Å². The maximum atomic E-state index is 11.8. The number of nitrogens with zero attached hydrogens (tertiary/aromatic N) is 1. The molecule has 0 aromatic heterocycles. The molecule has 2 heterocycles. The van der Waals surface area contributed by atoms with Crippen LogP contribution in [0, 0.1) is 0 Å². The van der Waals surface area contributed by atoms with E-state index in [1.165, 1.54) is 12.8 Å². The Hall–Kier alpha value is -0.170. The van der Waals surface area contributed by atoms with Crippen LogP contribution in [0.2, 0.25) is 0 Å². The van der Waals surface area contributed by atoms with Gasteiger partial charge in [0.2, 0.25) is 10.0 Å². The van der Waals surface area contributed by atoms with Gasteiger partial charge in [-0.25, -0.2) is 13.1 Å². The van der Waals surface area contributed by atoms with E-state index in [1.54, 1.807) is 0 Å². The highest BCUT2D eigenvalue weighted by molar-refractivity contribution is 7.90. The highest BCUT2D eigenvalue weighted by Gasteiger charge is 2.28. The SMILES string of the molecule is O=S(=O)(NCCN1CCCC1)C1CCNC1. The Morgan fingerprint density at radius 1 is 1.31 bits per heavy atom. The zero-order valence-corrected chi connectivity index (χ0v) is 10.4. The minimum atomic E-state index is -3.09.